The summed E-state index contributed by atoms with van der Waals surface area (Å²) in [7, 11) is 0. The molecule has 0 unspecified atom stereocenters. The van der Waals surface area contributed by atoms with Crippen molar-refractivity contribution in [3.05, 3.63) is 59.7 Å². The summed E-state index contributed by atoms with van der Waals surface area (Å²) in [5.41, 5.74) is -7.49. The Morgan fingerprint density at radius 2 is 1.34 bits per heavy atom. The molecule has 0 atom stereocenters. The third kappa shape index (κ3) is 5.32. The van der Waals surface area contributed by atoms with E-state index in [1.807, 2.05) is 0 Å². The molecule has 0 saturated heterocycles. The normalized spacial score (nSPS) is 12.4. The first-order chi connectivity index (χ1) is 14.7. The minimum Gasteiger partial charge on any atom is -0.321 e. The summed E-state index contributed by atoms with van der Waals surface area (Å²) >= 11 is 0. The van der Waals surface area contributed by atoms with Gasteiger partial charge in [-0.15, -0.1) is 0 Å². The van der Waals surface area contributed by atoms with Gasteiger partial charge in [-0.25, -0.2) is 13.2 Å². The van der Waals surface area contributed by atoms with E-state index in [0.29, 0.717) is 6.07 Å². The average molecular weight is 472 g/mol. The van der Waals surface area contributed by atoms with E-state index >= 15 is 0 Å². The molecule has 0 heterocycles. The van der Waals surface area contributed by atoms with E-state index < -0.39 is 65.7 Å². The molecule has 0 bridgehead atoms. The Kier molecular flexibility index (Phi) is 7.10. The van der Waals surface area contributed by atoms with E-state index in [0.717, 1.165) is 6.07 Å². The van der Waals surface area contributed by atoms with Crippen LogP contribution in [0.1, 0.15) is 23.2 Å². The molecule has 0 aromatic heterocycles. The van der Waals surface area contributed by atoms with Crippen LogP contribution < -0.4 is 10.6 Å². The second-order valence-corrected chi connectivity index (χ2v) is 6.45. The number of benzene rings is 2. The van der Waals surface area contributed by atoms with Crippen molar-refractivity contribution in [1.29, 1.82) is 0 Å². The number of carbonyl (C=O) groups excluding carboxylic acids is 2. The molecule has 0 aliphatic heterocycles. The first kappa shape index (κ1) is 25.0. The van der Waals surface area contributed by atoms with Crippen molar-refractivity contribution in [2.24, 2.45) is 0 Å². The fourth-order valence-electron chi connectivity index (χ4n) is 2.48. The van der Waals surface area contributed by atoms with Gasteiger partial charge in [0.15, 0.2) is 5.82 Å². The summed E-state index contributed by atoms with van der Waals surface area (Å²) in [5.74, 6) is -5.54. The van der Waals surface area contributed by atoms with E-state index in [-0.39, 0.29) is 5.56 Å². The van der Waals surface area contributed by atoms with E-state index in [4.69, 9.17) is 0 Å². The van der Waals surface area contributed by atoms with Crippen LogP contribution in [0.3, 0.4) is 0 Å². The van der Waals surface area contributed by atoms with E-state index in [2.05, 4.69) is 5.32 Å². The molecule has 0 fully saturated rings. The van der Waals surface area contributed by atoms with Crippen molar-refractivity contribution >= 4 is 23.2 Å². The molecule has 0 aliphatic rings. The Morgan fingerprint density at radius 3 is 1.88 bits per heavy atom. The SMILES string of the molecule is O=C(CCC(F)(C(F)(F)F)C(F)(F)F)Nc1c(F)ccc(NC(=O)c2ccccc2)c1F. The van der Waals surface area contributed by atoms with Crippen LogP contribution in [0.4, 0.5) is 50.9 Å². The molecule has 13 heteroatoms. The lowest BCUT2D eigenvalue weighted by Gasteiger charge is -2.29. The third-order valence-electron chi connectivity index (χ3n) is 4.23. The van der Waals surface area contributed by atoms with Crippen molar-refractivity contribution in [1.82, 2.24) is 0 Å². The highest BCUT2D eigenvalue weighted by Crippen LogP contribution is 2.49. The lowest BCUT2D eigenvalue weighted by Crippen LogP contribution is -2.53. The lowest BCUT2D eigenvalue weighted by molar-refractivity contribution is -0.342. The summed E-state index contributed by atoms with van der Waals surface area (Å²) in [6, 6.07) is 8.68. The van der Waals surface area contributed by atoms with Gasteiger partial charge in [0.1, 0.15) is 11.5 Å². The van der Waals surface area contributed by atoms with Crippen molar-refractivity contribution < 1.29 is 49.1 Å². The van der Waals surface area contributed by atoms with Crippen LogP contribution >= 0.6 is 0 Å². The van der Waals surface area contributed by atoms with Crippen molar-refractivity contribution in [3.8, 4) is 0 Å². The maximum Gasteiger partial charge on any atom is 0.431 e. The van der Waals surface area contributed by atoms with Crippen LogP contribution in [0, 0.1) is 11.6 Å². The molecule has 2 N–H and O–H groups in total. The number of rotatable bonds is 6. The zero-order chi connectivity index (χ0) is 24.3. The molecule has 0 aliphatic carbocycles. The molecule has 2 aromatic rings. The van der Waals surface area contributed by atoms with Crippen molar-refractivity contribution in [3.63, 3.8) is 0 Å². The predicted molar refractivity (Wildman–Crippen MR) is 94.6 cm³/mol. The Balaban J connectivity index is 2.18. The predicted octanol–water partition coefficient (Wildman–Crippen LogP) is 5.77. The van der Waals surface area contributed by atoms with Gasteiger partial charge in [-0.05, 0) is 24.3 Å². The van der Waals surface area contributed by atoms with Gasteiger partial charge < -0.3 is 10.6 Å². The Morgan fingerprint density at radius 1 is 0.781 bits per heavy atom. The summed E-state index contributed by atoms with van der Waals surface area (Å²) in [6.45, 7) is 0. The highest BCUT2D eigenvalue weighted by Gasteiger charge is 2.71. The Bertz CT molecular complexity index is 975. The molecule has 2 amide bonds. The lowest BCUT2D eigenvalue weighted by atomic mass is 9.98. The zero-order valence-electron chi connectivity index (χ0n) is 15.7. The summed E-state index contributed by atoms with van der Waals surface area (Å²) < 4.78 is 117. The largest absolute Gasteiger partial charge is 0.431 e. The number of halogens is 9. The third-order valence-corrected chi connectivity index (χ3v) is 4.23. The molecular weight excluding hydrogens is 459 g/mol. The van der Waals surface area contributed by atoms with Crippen LogP contribution in [0.15, 0.2) is 42.5 Å². The minimum absolute atomic E-state index is 0.0837. The first-order valence-corrected chi connectivity index (χ1v) is 8.64. The van der Waals surface area contributed by atoms with Crippen LogP contribution in [0.25, 0.3) is 0 Å². The summed E-state index contributed by atoms with van der Waals surface area (Å²) in [4.78, 5) is 23.8. The van der Waals surface area contributed by atoms with Crippen LogP contribution in [0.2, 0.25) is 0 Å². The van der Waals surface area contributed by atoms with Gasteiger partial charge in [-0.3, -0.25) is 9.59 Å². The smallest absolute Gasteiger partial charge is 0.321 e. The molecule has 2 rings (SSSR count). The average Bonchev–Trinajstić information content (AvgIpc) is 2.70. The van der Waals surface area contributed by atoms with E-state index in [1.165, 1.54) is 29.6 Å². The standard InChI is InChI=1S/C19H13F9N2O2/c20-11-6-7-12(29-16(32)10-4-2-1-3-5-10)14(21)15(11)30-13(31)8-9-17(22,18(23,24)25)19(26,27)28/h1-7H,8-9H2,(H,29,32)(H,30,31). The minimum atomic E-state index is -6.37. The fraction of sp³-hybridized carbons (Fsp3) is 0.263. The van der Waals surface area contributed by atoms with E-state index in [1.54, 1.807) is 6.07 Å². The monoisotopic (exact) mass is 472 g/mol. The van der Waals surface area contributed by atoms with Gasteiger partial charge in [0.2, 0.25) is 5.91 Å². The molecule has 0 radical (unpaired) electrons. The van der Waals surface area contributed by atoms with Crippen LogP contribution in [0.5, 0.6) is 0 Å². The second-order valence-electron chi connectivity index (χ2n) is 6.45. The number of amides is 2. The Labute approximate surface area is 174 Å². The molecule has 2 aromatic carbocycles. The first-order valence-electron chi connectivity index (χ1n) is 8.64. The van der Waals surface area contributed by atoms with E-state index in [9.17, 15) is 49.1 Å². The van der Waals surface area contributed by atoms with Gasteiger partial charge >= 0.3 is 12.4 Å². The van der Waals surface area contributed by atoms with Crippen molar-refractivity contribution in [2.75, 3.05) is 10.6 Å². The highest BCUT2D eigenvalue weighted by atomic mass is 19.4. The number of anilines is 2. The highest BCUT2D eigenvalue weighted by molar-refractivity contribution is 6.04. The number of hydrogen-bond donors (Lipinski definition) is 2. The van der Waals surface area contributed by atoms with Crippen LogP contribution in [-0.4, -0.2) is 29.8 Å². The summed E-state index contributed by atoms with van der Waals surface area (Å²) in [5, 5.41) is 3.54. The van der Waals surface area contributed by atoms with Crippen molar-refractivity contribution in [2.45, 2.75) is 30.9 Å². The maximum absolute atomic E-state index is 14.5. The molecule has 4 nitrogen and oxygen atoms in total. The maximum atomic E-state index is 14.5. The van der Waals surface area contributed by atoms with Gasteiger partial charge in [0.25, 0.3) is 11.6 Å². The number of carbonyl (C=O) groups is 2. The molecule has 174 valence electrons. The van der Waals surface area contributed by atoms with Gasteiger partial charge in [0.05, 0.1) is 5.69 Å². The zero-order valence-corrected chi connectivity index (χ0v) is 15.7. The molecular formula is C19H13F9N2O2. The number of nitrogens with one attached hydrogen (secondary N) is 2. The van der Waals surface area contributed by atoms with Crippen LogP contribution in [-0.2, 0) is 4.79 Å². The van der Waals surface area contributed by atoms with Gasteiger partial charge in [-0.2, -0.15) is 26.3 Å². The number of alkyl halides is 7. The van der Waals surface area contributed by atoms with Gasteiger partial charge in [0, 0.05) is 18.4 Å². The summed E-state index contributed by atoms with van der Waals surface area (Å²) in [6.07, 6.45) is -16.8. The quantitative estimate of drug-likeness (QED) is 0.525. The number of hydrogen-bond acceptors (Lipinski definition) is 2. The van der Waals surface area contributed by atoms with Gasteiger partial charge in [-0.1, -0.05) is 18.2 Å². The molecule has 0 saturated carbocycles. The topological polar surface area (TPSA) is 58.2 Å². The fourth-order valence-corrected chi connectivity index (χ4v) is 2.48. The molecule has 0 spiro atoms. The second kappa shape index (κ2) is 9.09. The Hall–Kier alpha value is -3.25. The molecule has 32 heavy (non-hydrogen) atoms.